The summed E-state index contributed by atoms with van der Waals surface area (Å²) in [7, 11) is 0. The van der Waals surface area contributed by atoms with Crippen LogP contribution in [-0.4, -0.2) is 41.1 Å². The van der Waals surface area contributed by atoms with Crippen molar-refractivity contribution in [3.05, 3.63) is 24.0 Å². The molecule has 0 saturated carbocycles. The molecule has 3 heterocycles. The number of carbonyl (C=O) groups excluding carboxylic acids is 1. The van der Waals surface area contributed by atoms with Gasteiger partial charge in [0.15, 0.2) is 0 Å². The van der Waals surface area contributed by atoms with Crippen LogP contribution in [-0.2, 0) is 16.0 Å². The van der Waals surface area contributed by atoms with E-state index in [1.54, 1.807) is 0 Å². The predicted molar refractivity (Wildman–Crippen MR) is 68.1 cm³/mol. The van der Waals surface area contributed by atoms with Gasteiger partial charge in [0.2, 0.25) is 5.91 Å². The Morgan fingerprint density at radius 3 is 3.17 bits per heavy atom. The molecule has 2 aliphatic rings. The Hall–Kier alpha value is -1.29. The molecule has 1 aromatic rings. The summed E-state index contributed by atoms with van der Waals surface area (Å²) in [4.78, 5) is 17.2. The highest BCUT2D eigenvalue weighted by molar-refractivity contribution is 5.76. The third kappa shape index (κ3) is 2.29. The Labute approximate surface area is 107 Å². The van der Waals surface area contributed by atoms with Gasteiger partial charge in [-0.3, -0.25) is 4.79 Å². The van der Waals surface area contributed by atoms with Crippen molar-refractivity contribution in [1.29, 1.82) is 0 Å². The van der Waals surface area contributed by atoms with Crippen molar-refractivity contribution < 1.29 is 9.53 Å². The Morgan fingerprint density at radius 1 is 1.56 bits per heavy atom. The zero-order chi connectivity index (χ0) is 12.5. The number of rotatable bonds is 3. The van der Waals surface area contributed by atoms with Crippen molar-refractivity contribution >= 4 is 5.91 Å². The molecule has 2 fully saturated rings. The number of fused-ring (bicyclic) bond motifs is 1. The molecule has 1 amide bonds. The first-order valence-corrected chi connectivity index (χ1v) is 6.78. The number of aryl methyl sites for hydroxylation is 1. The number of aromatic nitrogens is 1. The smallest absolute Gasteiger partial charge is 0.223 e. The van der Waals surface area contributed by atoms with E-state index < -0.39 is 0 Å². The highest BCUT2D eigenvalue weighted by Crippen LogP contribution is 2.32. The SMILES string of the molecule is C[C@H]1C[C@@H]2CN(C(=O)CCc3ccc[nH]3)C[C@@H]2O1. The topological polar surface area (TPSA) is 45.3 Å². The van der Waals surface area contributed by atoms with E-state index in [1.165, 1.54) is 0 Å². The van der Waals surface area contributed by atoms with Gasteiger partial charge in [0.25, 0.3) is 0 Å². The Bertz CT molecular complexity index is 401. The normalized spacial score (nSPS) is 30.7. The van der Waals surface area contributed by atoms with E-state index in [-0.39, 0.29) is 12.0 Å². The molecule has 3 rings (SSSR count). The van der Waals surface area contributed by atoms with Crippen molar-refractivity contribution in [3.8, 4) is 0 Å². The van der Waals surface area contributed by atoms with E-state index >= 15 is 0 Å². The van der Waals surface area contributed by atoms with Crippen LogP contribution < -0.4 is 0 Å². The van der Waals surface area contributed by atoms with E-state index in [2.05, 4.69) is 11.9 Å². The summed E-state index contributed by atoms with van der Waals surface area (Å²) in [6, 6.07) is 3.99. The lowest BCUT2D eigenvalue weighted by molar-refractivity contribution is -0.131. The molecule has 3 atom stereocenters. The highest BCUT2D eigenvalue weighted by Gasteiger charge is 2.41. The van der Waals surface area contributed by atoms with Crippen molar-refractivity contribution in [2.24, 2.45) is 5.92 Å². The first-order valence-electron chi connectivity index (χ1n) is 6.78. The van der Waals surface area contributed by atoms with Crippen LogP contribution in [0, 0.1) is 5.92 Å². The first-order chi connectivity index (χ1) is 8.72. The Kier molecular flexibility index (Phi) is 3.12. The Morgan fingerprint density at radius 2 is 2.44 bits per heavy atom. The number of likely N-dealkylation sites (tertiary alicyclic amines) is 1. The van der Waals surface area contributed by atoms with E-state index in [0.29, 0.717) is 18.4 Å². The minimum atomic E-state index is 0.259. The van der Waals surface area contributed by atoms with Gasteiger partial charge in [-0.25, -0.2) is 0 Å². The zero-order valence-electron chi connectivity index (χ0n) is 10.8. The molecular formula is C14H20N2O2. The fourth-order valence-electron chi connectivity index (χ4n) is 3.13. The molecule has 1 aromatic heterocycles. The molecule has 2 saturated heterocycles. The average molecular weight is 248 g/mol. The van der Waals surface area contributed by atoms with Crippen LogP contribution in [0.25, 0.3) is 0 Å². The minimum Gasteiger partial charge on any atom is -0.373 e. The molecule has 0 bridgehead atoms. The molecule has 98 valence electrons. The highest BCUT2D eigenvalue weighted by atomic mass is 16.5. The molecule has 0 aliphatic carbocycles. The third-order valence-electron chi connectivity index (χ3n) is 4.05. The van der Waals surface area contributed by atoms with Gasteiger partial charge in [0.1, 0.15) is 0 Å². The van der Waals surface area contributed by atoms with Gasteiger partial charge in [-0.1, -0.05) is 0 Å². The van der Waals surface area contributed by atoms with Gasteiger partial charge in [0, 0.05) is 37.3 Å². The number of hydrogen-bond donors (Lipinski definition) is 1. The largest absolute Gasteiger partial charge is 0.373 e. The number of ether oxygens (including phenoxy) is 1. The molecule has 4 nitrogen and oxygen atoms in total. The van der Waals surface area contributed by atoms with Crippen LogP contribution in [0.1, 0.15) is 25.5 Å². The maximum Gasteiger partial charge on any atom is 0.223 e. The van der Waals surface area contributed by atoms with Gasteiger partial charge in [-0.05, 0) is 31.9 Å². The molecule has 0 aromatic carbocycles. The second kappa shape index (κ2) is 4.76. The number of nitrogens with zero attached hydrogens (tertiary/aromatic N) is 1. The molecule has 1 N–H and O–H groups in total. The monoisotopic (exact) mass is 248 g/mol. The van der Waals surface area contributed by atoms with Gasteiger partial charge < -0.3 is 14.6 Å². The lowest BCUT2D eigenvalue weighted by Crippen LogP contribution is -2.31. The third-order valence-corrected chi connectivity index (χ3v) is 4.05. The van der Waals surface area contributed by atoms with E-state index in [0.717, 1.165) is 31.6 Å². The number of hydrogen-bond acceptors (Lipinski definition) is 2. The summed E-state index contributed by atoms with van der Waals surface area (Å²) in [6.45, 7) is 3.80. The lowest BCUT2D eigenvalue weighted by Gasteiger charge is -2.18. The maximum absolute atomic E-state index is 12.1. The molecular weight excluding hydrogens is 228 g/mol. The van der Waals surface area contributed by atoms with Crippen LogP contribution >= 0.6 is 0 Å². The van der Waals surface area contributed by atoms with Crippen LogP contribution in [0.15, 0.2) is 18.3 Å². The van der Waals surface area contributed by atoms with Gasteiger partial charge in [0.05, 0.1) is 12.2 Å². The minimum absolute atomic E-state index is 0.259. The van der Waals surface area contributed by atoms with Crippen molar-refractivity contribution in [2.45, 2.75) is 38.4 Å². The van der Waals surface area contributed by atoms with Crippen LogP contribution in [0.5, 0.6) is 0 Å². The number of aromatic amines is 1. The van der Waals surface area contributed by atoms with Crippen LogP contribution in [0.4, 0.5) is 0 Å². The number of carbonyl (C=O) groups is 1. The van der Waals surface area contributed by atoms with Crippen molar-refractivity contribution in [1.82, 2.24) is 9.88 Å². The van der Waals surface area contributed by atoms with Crippen molar-refractivity contribution in [3.63, 3.8) is 0 Å². The van der Waals surface area contributed by atoms with E-state index in [1.807, 2.05) is 23.2 Å². The fourth-order valence-corrected chi connectivity index (χ4v) is 3.13. The van der Waals surface area contributed by atoms with Gasteiger partial charge in [-0.2, -0.15) is 0 Å². The number of nitrogens with one attached hydrogen (secondary N) is 1. The lowest BCUT2D eigenvalue weighted by atomic mass is 10.0. The second-order valence-corrected chi connectivity index (χ2v) is 5.48. The summed E-state index contributed by atoms with van der Waals surface area (Å²) < 4.78 is 5.82. The molecule has 4 heteroatoms. The molecule has 18 heavy (non-hydrogen) atoms. The fraction of sp³-hybridized carbons (Fsp3) is 0.643. The molecule has 2 aliphatic heterocycles. The summed E-state index contributed by atoms with van der Waals surface area (Å²) in [5.41, 5.74) is 1.13. The predicted octanol–water partition coefficient (Wildman–Crippen LogP) is 1.58. The van der Waals surface area contributed by atoms with Crippen LogP contribution in [0.2, 0.25) is 0 Å². The zero-order valence-corrected chi connectivity index (χ0v) is 10.8. The average Bonchev–Trinajstić information content (AvgIpc) is 3.00. The summed E-state index contributed by atoms with van der Waals surface area (Å²) in [5.74, 6) is 0.824. The Balaban J connectivity index is 1.49. The molecule has 0 unspecified atom stereocenters. The van der Waals surface area contributed by atoms with Gasteiger partial charge >= 0.3 is 0 Å². The van der Waals surface area contributed by atoms with Gasteiger partial charge in [-0.15, -0.1) is 0 Å². The maximum atomic E-state index is 12.1. The standard InChI is InChI=1S/C14H20N2O2/c1-10-7-11-8-16(9-13(11)18-10)14(17)5-4-12-3-2-6-15-12/h2-3,6,10-11,13,15H,4-5,7-9H2,1H3/t10-,11+,13-/m0/s1. The number of H-pyrrole nitrogens is 1. The first kappa shape index (κ1) is 11.8. The summed E-state index contributed by atoms with van der Waals surface area (Å²) >= 11 is 0. The second-order valence-electron chi connectivity index (χ2n) is 5.48. The quantitative estimate of drug-likeness (QED) is 0.882. The number of amides is 1. The van der Waals surface area contributed by atoms with E-state index in [9.17, 15) is 4.79 Å². The van der Waals surface area contributed by atoms with Crippen molar-refractivity contribution in [2.75, 3.05) is 13.1 Å². The van der Waals surface area contributed by atoms with E-state index in [4.69, 9.17) is 4.74 Å². The summed E-state index contributed by atoms with van der Waals surface area (Å²) in [6.07, 6.45) is 5.05. The summed E-state index contributed by atoms with van der Waals surface area (Å²) in [5, 5.41) is 0. The van der Waals surface area contributed by atoms with Crippen LogP contribution in [0.3, 0.4) is 0 Å². The molecule has 0 radical (unpaired) electrons. The molecule has 0 spiro atoms.